The fourth-order valence-electron chi connectivity index (χ4n) is 11.4. The monoisotopic (exact) mass is 1630 g/mol. The quantitative estimate of drug-likeness (QED) is 0.0336. The molecule has 8 aromatic carbocycles. The molecule has 0 saturated carbocycles. The van der Waals surface area contributed by atoms with Gasteiger partial charge in [-0.05, 0) is 261 Å². The van der Waals surface area contributed by atoms with Crippen molar-refractivity contribution in [2.24, 2.45) is 0 Å². The number of amides is 4. The molecular weight excluding hydrogens is 1560 g/mol. The third-order valence-electron chi connectivity index (χ3n) is 18.0. The van der Waals surface area contributed by atoms with Crippen LogP contribution in [0.5, 0.6) is 17.2 Å². The van der Waals surface area contributed by atoms with Crippen LogP contribution in [0.1, 0.15) is 106 Å². The predicted molar refractivity (Wildman–Crippen MR) is 453 cm³/mol. The molecule has 0 unspecified atom stereocenters. The third-order valence-corrected chi connectivity index (χ3v) is 21.6. The van der Waals surface area contributed by atoms with E-state index in [9.17, 15) is 19.2 Å². The van der Waals surface area contributed by atoms with E-state index in [-0.39, 0.29) is 50.1 Å². The van der Waals surface area contributed by atoms with Crippen molar-refractivity contribution in [2.45, 2.75) is 80.6 Å². The summed E-state index contributed by atoms with van der Waals surface area (Å²) >= 11 is 5.67. The molecule has 0 spiro atoms. The Labute approximate surface area is 689 Å². The van der Waals surface area contributed by atoms with Crippen molar-refractivity contribution >= 4 is 91.7 Å². The zero-order chi connectivity index (χ0) is 81.4. The first-order chi connectivity index (χ1) is 57.0. The summed E-state index contributed by atoms with van der Waals surface area (Å²) in [7, 11) is 0. The van der Waals surface area contributed by atoms with E-state index in [2.05, 4.69) is 93.9 Å². The van der Waals surface area contributed by atoms with Crippen LogP contribution < -0.4 is 35.5 Å². The molecule has 0 atom stereocenters. The van der Waals surface area contributed by atoms with E-state index >= 15 is 0 Å². The molecule has 24 nitrogen and oxygen atoms in total. The van der Waals surface area contributed by atoms with Crippen molar-refractivity contribution in [3.05, 3.63) is 334 Å². The Morgan fingerprint density at radius 1 is 0.350 bits per heavy atom. The minimum atomic E-state index is -0.138. The molecular formula is C89H78N12O12S4. The van der Waals surface area contributed by atoms with Gasteiger partial charge in [-0.1, -0.05) is 99.5 Å². The van der Waals surface area contributed by atoms with Gasteiger partial charge in [-0.3, -0.25) is 19.2 Å². The molecule has 16 aromatic rings. The van der Waals surface area contributed by atoms with Crippen LogP contribution in [-0.4, -0.2) is 75.9 Å². The van der Waals surface area contributed by atoms with Gasteiger partial charge in [-0.2, -0.15) is 19.9 Å². The molecule has 8 heterocycles. The van der Waals surface area contributed by atoms with Crippen molar-refractivity contribution in [3.63, 3.8) is 0 Å². The summed E-state index contributed by atoms with van der Waals surface area (Å²) in [5, 5.41) is 42.2. The fourth-order valence-corrected chi connectivity index (χ4v) is 14.0. The molecule has 0 aliphatic carbocycles. The summed E-state index contributed by atoms with van der Waals surface area (Å²) in [5.74, 6) is 5.50. The maximum atomic E-state index is 12.3. The Morgan fingerprint density at radius 3 is 1.15 bits per heavy atom. The number of hydrogen-bond acceptors (Lipinski definition) is 24. The van der Waals surface area contributed by atoms with Gasteiger partial charge in [-0.15, -0.1) is 45.3 Å². The summed E-state index contributed by atoms with van der Waals surface area (Å²) in [4.78, 5) is 70.0. The number of nitrogens with zero attached hydrogens (tertiary/aromatic N) is 8. The Kier molecular flexibility index (Phi) is 27.7. The maximum Gasteiger partial charge on any atom is 0.265 e. The molecule has 0 fully saturated rings. The number of aromatic nitrogens is 8. The normalized spacial score (nSPS) is 10.7. The van der Waals surface area contributed by atoms with Crippen molar-refractivity contribution in [1.29, 1.82) is 0 Å². The van der Waals surface area contributed by atoms with Crippen LogP contribution in [0.25, 0.3) is 45.6 Å². The van der Waals surface area contributed by atoms with Crippen molar-refractivity contribution in [3.8, 4) is 62.8 Å². The number of thiophene rings is 4. The Hall–Kier alpha value is -13.6. The lowest BCUT2D eigenvalue weighted by Crippen LogP contribution is -2.09. The van der Waals surface area contributed by atoms with Crippen LogP contribution in [0.2, 0.25) is 0 Å². The van der Waals surface area contributed by atoms with Gasteiger partial charge >= 0.3 is 0 Å². The first-order valence-corrected chi connectivity index (χ1v) is 40.3. The van der Waals surface area contributed by atoms with E-state index < -0.39 is 0 Å². The number of aryl methyl sites for hydroxylation is 6. The molecule has 5 N–H and O–H groups in total. The van der Waals surface area contributed by atoms with Crippen LogP contribution in [0, 0.1) is 41.5 Å². The zero-order valence-electron chi connectivity index (χ0n) is 64.3. The number of para-hydroxylation sites is 1. The topological polar surface area (TPSA) is 320 Å². The van der Waals surface area contributed by atoms with E-state index in [0.29, 0.717) is 102 Å². The lowest BCUT2D eigenvalue weighted by molar-refractivity contribution is 0.102. The largest absolute Gasteiger partial charge is 0.484 e. The van der Waals surface area contributed by atoms with Gasteiger partial charge in [0.25, 0.3) is 41.3 Å². The number of anilines is 4. The smallest absolute Gasteiger partial charge is 0.265 e. The molecule has 4 amide bonds. The summed E-state index contributed by atoms with van der Waals surface area (Å²) in [6, 6.07) is 71.4. The molecule has 590 valence electrons. The Bertz CT molecular complexity index is 5910. The van der Waals surface area contributed by atoms with Gasteiger partial charge in [0.2, 0.25) is 29.2 Å². The molecule has 16 rings (SSSR count). The van der Waals surface area contributed by atoms with E-state index in [1.54, 1.807) is 42.5 Å². The van der Waals surface area contributed by atoms with Gasteiger partial charge in [0.1, 0.15) is 17.2 Å². The predicted octanol–water partition coefficient (Wildman–Crippen LogP) is 20.1. The number of benzene rings is 8. The Morgan fingerprint density at radius 2 is 0.735 bits per heavy atom. The second-order valence-corrected chi connectivity index (χ2v) is 30.5. The van der Waals surface area contributed by atoms with Crippen molar-refractivity contribution < 1.29 is 56.6 Å². The minimum Gasteiger partial charge on any atom is -0.484 e. The van der Waals surface area contributed by atoms with Crippen LogP contribution in [0.3, 0.4) is 0 Å². The van der Waals surface area contributed by atoms with Gasteiger partial charge in [-0.25, -0.2) is 0 Å². The molecule has 0 radical (unpaired) electrons. The second-order valence-electron chi connectivity index (χ2n) is 26.3. The number of carbonyl (C=O) groups excluding carboxylic acids is 4. The first kappa shape index (κ1) is 81.4. The number of ether oxygens (including phenoxy) is 3. The SMILES string of the molecule is Cc1ccc(C(=O)Nc2ccc(-c3noc(CCc4cccc(C)c4C)n3)cc2)s1.Cc1cccc(OCc2nc(-c3ccc(NC(=O)c4cccs4)cc3)no2)c1C.Cc1ccccc1OCc1nc(-c2ccc(NC(=O)c3cccs3)cc2)no1.O=C(Nc1ccc(-c2noc(COc3ccc(CCO)cc3)n2)cc1)c1cccs1. The van der Waals surface area contributed by atoms with Crippen LogP contribution >= 0.6 is 45.3 Å². The lowest BCUT2D eigenvalue weighted by Gasteiger charge is -2.08. The summed E-state index contributed by atoms with van der Waals surface area (Å²) in [6.07, 6.45) is 2.18. The van der Waals surface area contributed by atoms with Crippen LogP contribution in [0.4, 0.5) is 22.7 Å². The summed E-state index contributed by atoms with van der Waals surface area (Å²) in [5.41, 5.74) is 14.3. The number of hydrogen-bond donors (Lipinski definition) is 5. The fraction of sp³-hybridized carbons (Fsp3) is 0.146. The highest BCUT2D eigenvalue weighted by atomic mass is 32.1. The minimum absolute atomic E-state index is 0.103. The molecule has 0 saturated heterocycles. The van der Waals surface area contributed by atoms with Gasteiger partial charge in [0, 0.05) is 62.9 Å². The molecule has 0 bridgehead atoms. The number of carbonyl (C=O) groups is 4. The number of aliphatic hydroxyl groups is 1. The number of rotatable bonds is 26. The van der Waals surface area contributed by atoms with E-state index in [1.165, 1.54) is 67.6 Å². The van der Waals surface area contributed by atoms with E-state index in [0.717, 1.165) is 67.4 Å². The molecule has 0 aliphatic rings. The van der Waals surface area contributed by atoms with E-state index in [1.807, 2.05) is 214 Å². The van der Waals surface area contributed by atoms with Crippen LogP contribution in [-0.2, 0) is 39.1 Å². The Balaban J connectivity index is 0.000000136. The molecule has 28 heteroatoms. The van der Waals surface area contributed by atoms with Crippen molar-refractivity contribution in [2.75, 3.05) is 27.9 Å². The molecule has 0 aliphatic heterocycles. The average Bonchev–Trinajstić information content (AvgIpc) is 1.78. The first-order valence-electron chi connectivity index (χ1n) is 36.9. The highest BCUT2D eigenvalue weighted by Gasteiger charge is 2.18. The third kappa shape index (κ3) is 22.9. The second kappa shape index (κ2) is 39.9. The lowest BCUT2D eigenvalue weighted by atomic mass is 10.00. The summed E-state index contributed by atoms with van der Waals surface area (Å²) in [6.45, 7) is 13.0. The zero-order valence-corrected chi connectivity index (χ0v) is 67.5. The van der Waals surface area contributed by atoms with Crippen molar-refractivity contribution in [1.82, 2.24) is 40.6 Å². The number of aliphatic hydroxyl groups excluding tert-OH is 1. The highest BCUT2D eigenvalue weighted by molar-refractivity contribution is 7.14. The van der Waals surface area contributed by atoms with Gasteiger partial charge < -0.3 is 58.7 Å². The summed E-state index contributed by atoms with van der Waals surface area (Å²) < 4.78 is 38.5. The average molecular weight is 1640 g/mol. The standard InChI is InChI=1S/C24H23N3O2S.C22H19N3O4S.C22H19N3O3S.C21H17N3O3S/c1-15-5-4-6-18(17(15)3)10-14-22-26-23(27-29-22)19-8-11-20(12-9-19)25-24(28)21-13-7-16(2)30-21;26-12-11-15-3-9-18(10-4-15)28-14-20-24-21(25-29-20)16-5-7-17(8-6-16)23-22(27)19-2-1-13-30-19;1-14-5-3-6-18(15(14)2)27-13-20-24-21(25-28-20)16-8-10-17(11-9-16)23-22(26)19-7-4-12-29-19;1-14-5-2-3-6-17(14)26-13-19-23-20(24-27-19)15-8-10-16(11-9-15)22-21(25)18-7-4-12-28-18/h4-9,11-13H,10,14H2,1-3H3,(H,25,28);1-10,13,26H,11-12,14H2,(H,23,27);3-12H,13H2,1-2H3,(H,23,26);2-12H,13H2,1H3,(H,22,25). The molecule has 8 aromatic heterocycles. The van der Waals surface area contributed by atoms with Gasteiger partial charge in [0.05, 0.1) is 19.5 Å². The molecule has 117 heavy (non-hydrogen) atoms. The maximum absolute atomic E-state index is 12.3. The highest BCUT2D eigenvalue weighted by Crippen LogP contribution is 2.29. The van der Waals surface area contributed by atoms with Gasteiger partial charge in [0.15, 0.2) is 19.8 Å². The number of nitrogens with one attached hydrogen (secondary N) is 4. The van der Waals surface area contributed by atoms with E-state index in [4.69, 9.17) is 37.4 Å². The van der Waals surface area contributed by atoms with Crippen LogP contribution in [0.15, 0.2) is 265 Å².